The molecule has 3 rings (SSSR count). The summed E-state index contributed by atoms with van der Waals surface area (Å²) in [6.07, 6.45) is -4.40. The second-order valence-electron chi connectivity index (χ2n) is 5.20. The molecular weight excluding hydrogens is 367 g/mol. The Bertz CT molecular complexity index is 866. The molecule has 0 spiro atoms. The summed E-state index contributed by atoms with van der Waals surface area (Å²) in [5.74, 6) is 0.801. The highest BCUT2D eigenvalue weighted by Crippen LogP contribution is 2.38. The summed E-state index contributed by atoms with van der Waals surface area (Å²) in [4.78, 5) is 3.42. The molecule has 0 saturated heterocycles. The van der Waals surface area contributed by atoms with Crippen LogP contribution in [0.3, 0.4) is 0 Å². The van der Waals surface area contributed by atoms with Gasteiger partial charge in [-0.1, -0.05) is 30.3 Å². The fourth-order valence-corrected chi connectivity index (χ4v) is 2.75. The van der Waals surface area contributed by atoms with Crippen molar-refractivity contribution in [3.63, 3.8) is 0 Å². The largest absolute Gasteiger partial charge is 0.496 e. The fraction of sp³-hybridized carbons (Fsp3) is 0.167. The van der Waals surface area contributed by atoms with Crippen LogP contribution in [0.4, 0.5) is 13.2 Å². The molecule has 0 saturated carbocycles. The molecule has 0 amide bonds. The van der Waals surface area contributed by atoms with E-state index in [2.05, 4.69) is 4.98 Å². The number of halogens is 3. The van der Waals surface area contributed by atoms with Gasteiger partial charge in [-0.3, -0.25) is 0 Å². The third-order valence-electron chi connectivity index (χ3n) is 3.29. The number of nitrogens with zero attached hydrogens (tertiary/aromatic N) is 1. The van der Waals surface area contributed by atoms with Crippen molar-refractivity contribution in [1.82, 2.24) is 4.98 Å². The number of aromatic nitrogens is 1. The van der Waals surface area contributed by atoms with E-state index < -0.39 is 11.1 Å². The SMILES string of the molecule is COc1cc(OCc2ccccc2)nc(Oc2csc(C(F)(F)F)c2)c1. The third kappa shape index (κ3) is 4.66. The molecule has 2 heterocycles. The number of hydrogen-bond acceptors (Lipinski definition) is 5. The molecule has 0 aliphatic heterocycles. The Morgan fingerprint density at radius 2 is 1.73 bits per heavy atom. The zero-order valence-electron chi connectivity index (χ0n) is 13.6. The van der Waals surface area contributed by atoms with Gasteiger partial charge in [-0.15, -0.1) is 11.3 Å². The monoisotopic (exact) mass is 381 g/mol. The summed E-state index contributed by atoms with van der Waals surface area (Å²) >= 11 is 0.557. The third-order valence-corrected chi connectivity index (χ3v) is 4.25. The molecule has 0 radical (unpaired) electrons. The van der Waals surface area contributed by atoms with Crippen molar-refractivity contribution in [2.75, 3.05) is 7.11 Å². The predicted molar refractivity (Wildman–Crippen MR) is 91.0 cm³/mol. The van der Waals surface area contributed by atoms with Gasteiger partial charge in [0.1, 0.15) is 23.0 Å². The Morgan fingerprint density at radius 3 is 2.38 bits per heavy atom. The highest BCUT2D eigenvalue weighted by molar-refractivity contribution is 7.10. The van der Waals surface area contributed by atoms with E-state index in [0.717, 1.165) is 11.6 Å². The van der Waals surface area contributed by atoms with Crippen LogP contribution in [0.2, 0.25) is 0 Å². The van der Waals surface area contributed by atoms with Crippen molar-refractivity contribution in [1.29, 1.82) is 0 Å². The van der Waals surface area contributed by atoms with Crippen molar-refractivity contribution >= 4 is 11.3 Å². The van der Waals surface area contributed by atoms with E-state index >= 15 is 0 Å². The molecule has 3 aromatic rings. The van der Waals surface area contributed by atoms with Gasteiger partial charge in [0, 0.05) is 23.6 Å². The van der Waals surface area contributed by atoms with Gasteiger partial charge in [-0.05, 0) is 5.56 Å². The average molecular weight is 381 g/mol. The highest BCUT2D eigenvalue weighted by Gasteiger charge is 2.32. The molecule has 1 aromatic carbocycles. The minimum Gasteiger partial charge on any atom is -0.496 e. The summed E-state index contributed by atoms with van der Waals surface area (Å²) in [7, 11) is 1.46. The number of methoxy groups -OCH3 is 1. The zero-order chi connectivity index (χ0) is 18.6. The van der Waals surface area contributed by atoms with Gasteiger partial charge in [-0.2, -0.15) is 18.2 Å². The van der Waals surface area contributed by atoms with E-state index in [0.29, 0.717) is 17.1 Å². The Labute approximate surface area is 151 Å². The lowest BCUT2D eigenvalue weighted by molar-refractivity contribution is -0.134. The van der Waals surface area contributed by atoms with Crippen molar-refractivity contribution in [2.24, 2.45) is 0 Å². The second kappa shape index (κ2) is 7.65. The Kier molecular flexibility index (Phi) is 5.32. The van der Waals surface area contributed by atoms with Crippen LogP contribution in [-0.4, -0.2) is 12.1 Å². The molecule has 0 N–H and O–H groups in total. The van der Waals surface area contributed by atoms with E-state index in [1.807, 2.05) is 30.3 Å². The lowest BCUT2D eigenvalue weighted by Gasteiger charge is -2.10. The van der Waals surface area contributed by atoms with E-state index in [4.69, 9.17) is 14.2 Å². The average Bonchev–Trinajstić information content (AvgIpc) is 3.09. The predicted octanol–water partition coefficient (Wildman–Crippen LogP) is 5.54. The van der Waals surface area contributed by atoms with Crippen LogP contribution in [0, 0.1) is 0 Å². The zero-order valence-corrected chi connectivity index (χ0v) is 14.4. The summed E-state index contributed by atoms with van der Waals surface area (Å²) in [5, 5.41) is 1.27. The van der Waals surface area contributed by atoms with E-state index in [-0.39, 0.29) is 24.1 Å². The van der Waals surface area contributed by atoms with Gasteiger partial charge in [0.15, 0.2) is 0 Å². The Balaban J connectivity index is 1.75. The molecule has 0 unspecified atom stereocenters. The lowest BCUT2D eigenvalue weighted by Crippen LogP contribution is -2.01. The molecule has 0 bridgehead atoms. The number of pyridine rings is 1. The number of rotatable bonds is 6. The Morgan fingerprint density at radius 1 is 1.00 bits per heavy atom. The van der Waals surface area contributed by atoms with Gasteiger partial charge in [-0.25, -0.2) is 0 Å². The number of hydrogen-bond donors (Lipinski definition) is 0. The van der Waals surface area contributed by atoms with E-state index in [1.165, 1.54) is 18.6 Å². The van der Waals surface area contributed by atoms with Gasteiger partial charge >= 0.3 is 6.18 Å². The second-order valence-corrected chi connectivity index (χ2v) is 6.12. The van der Waals surface area contributed by atoms with Crippen LogP contribution in [0.25, 0.3) is 0 Å². The molecule has 2 aromatic heterocycles. The van der Waals surface area contributed by atoms with Crippen molar-refractivity contribution < 1.29 is 27.4 Å². The molecule has 0 atom stereocenters. The quantitative estimate of drug-likeness (QED) is 0.562. The number of alkyl halides is 3. The lowest BCUT2D eigenvalue weighted by atomic mass is 10.2. The first-order chi connectivity index (χ1) is 12.4. The first-order valence-corrected chi connectivity index (χ1v) is 8.38. The molecule has 0 aliphatic rings. The molecule has 0 aliphatic carbocycles. The first kappa shape index (κ1) is 18.1. The van der Waals surface area contributed by atoms with Gasteiger partial charge < -0.3 is 14.2 Å². The van der Waals surface area contributed by atoms with Gasteiger partial charge in [0.05, 0.1) is 7.11 Å². The Hall–Kier alpha value is -2.74. The number of ether oxygens (including phenoxy) is 3. The summed E-state index contributed by atoms with van der Waals surface area (Å²) in [5.41, 5.74) is 0.951. The van der Waals surface area contributed by atoms with Gasteiger partial charge in [0.2, 0.25) is 11.8 Å². The van der Waals surface area contributed by atoms with Crippen molar-refractivity contribution in [3.05, 3.63) is 64.4 Å². The van der Waals surface area contributed by atoms with E-state index in [9.17, 15) is 13.2 Å². The first-order valence-electron chi connectivity index (χ1n) is 7.50. The van der Waals surface area contributed by atoms with Crippen molar-refractivity contribution in [3.8, 4) is 23.3 Å². The maximum absolute atomic E-state index is 12.7. The van der Waals surface area contributed by atoms with Crippen LogP contribution in [0.1, 0.15) is 10.4 Å². The highest BCUT2D eigenvalue weighted by atomic mass is 32.1. The topological polar surface area (TPSA) is 40.6 Å². The normalized spacial score (nSPS) is 11.2. The molecule has 8 heteroatoms. The fourth-order valence-electron chi connectivity index (χ4n) is 2.08. The number of benzene rings is 1. The van der Waals surface area contributed by atoms with Crippen LogP contribution >= 0.6 is 11.3 Å². The summed E-state index contributed by atoms with van der Waals surface area (Å²) < 4.78 is 54.3. The van der Waals surface area contributed by atoms with E-state index in [1.54, 1.807) is 6.07 Å². The molecule has 26 heavy (non-hydrogen) atoms. The summed E-state index contributed by atoms with van der Waals surface area (Å²) in [6, 6.07) is 13.5. The maximum Gasteiger partial charge on any atom is 0.425 e. The van der Waals surface area contributed by atoms with Crippen molar-refractivity contribution in [2.45, 2.75) is 12.8 Å². The number of thiophene rings is 1. The minimum absolute atomic E-state index is 0.0529. The smallest absolute Gasteiger partial charge is 0.425 e. The molecule has 0 fully saturated rings. The molecule has 4 nitrogen and oxygen atoms in total. The van der Waals surface area contributed by atoms with Crippen LogP contribution in [-0.2, 0) is 12.8 Å². The van der Waals surface area contributed by atoms with Gasteiger partial charge in [0.25, 0.3) is 0 Å². The minimum atomic E-state index is -4.40. The molecule has 136 valence electrons. The standard InChI is InChI=1S/C18H14F3NO3S/c1-23-13-8-16(24-10-12-5-3-2-4-6-12)22-17(9-13)25-14-7-15(26-11-14)18(19,20)21/h2-9,11H,10H2,1H3. The van der Waals surface area contributed by atoms with Crippen LogP contribution in [0.15, 0.2) is 53.9 Å². The summed E-state index contributed by atoms with van der Waals surface area (Å²) in [6.45, 7) is 0.289. The molecular formula is C18H14F3NO3S. The van der Waals surface area contributed by atoms with Crippen LogP contribution in [0.5, 0.6) is 23.3 Å². The van der Waals surface area contributed by atoms with Crippen LogP contribution < -0.4 is 14.2 Å². The maximum atomic E-state index is 12.7.